The first-order chi connectivity index (χ1) is 16.4. The fraction of sp³-hybridized carbons (Fsp3) is 0.409. The molecule has 4 heterocycles. The van der Waals surface area contributed by atoms with Crippen molar-refractivity contribution in [3.63, 3.8) is 0 Å². The average molecular weight is 496 g/mol. The lowest BCUT2D eigenvalue weighted by Gasteiger charge is -2.43. The smallest absolute Gasteiger partial charge is 0.419 e. The average Bonchev–Trinajstić information content (AvgIpc) is 3.19. The number of oxazole rings is 1. The maximum absolute atomic E-state index is 14.5. The Bertz CT molecular complexity index is 1180. The van der Waals surface area contributed by atoms with Crippen LogP contribution in [0.4, 0.5) is 27.9 Å². The topological polar surface area (TPSA) is 97.0 Å². The summed E-state index contributed by atoms with van der Waals surface area (Å²) in [7, 11) is 0. The van der Waals surface area contributed by atoms with E-state index < -0.39 is 48.5 Å². The van der Waals surface area contributed by atoms with Gasteiger partial charge in [-0.25, -0.2) is 23.7 Å². The molecule has 35 heavy (non-hydrogen) atoms. The van der Waals surface area contributed by atoms with Gasteiger partial charge >= 0.3 is 6.18 Å². The van der Waals surface area contributed by atoms with E-state index in [2.05, 4.69) is 25.3 Å². The van der Waals surface area contributed by atoms with E-state index in [-0.39, 0.29) is 29.8 Å². The number of aryl methyl sites for hydroxylation is 1. The number of likely N-dealkylation sites (tertiary alicyclic amines) is 1. The second-order valence-corrected chi connectivity index (χ2v) is 8.34. The molecule has 8 nitrogen and oxygen atoms in total. The zero-order chi connectivity index (χ0) is 25.4. The van der Waals surface area contributed by atoms with E-state index in [9.17, 15) is 26.7 Å². The second kappa shape index (κ2) is 9.19. The molecule has 3 aromatic heterocycles. The van der Waals surface area contributed by atoms with Crippen molar-refractivity contribution in [2.45, 2.75) is 38.4 Å². The minimum Gasteiger partial charge on any atom is -0.438 e. The Morgan fingerprint density at radius 2 is 1.94 bits per heavy atom. The van der Waals surface area contributed by atoms with Gasteiger partial charge in [0, 0.05) is 38.5 Å². The van der Waals surface area contributed by atoms with E-state index in [0.717, 1.165) is 4.90 Å². The van der Waals surface area contributed by atoms with Crippen molar-refractivity contribution in [3.8, 4) is 11.5 Å². The van der Waals surface area contributed by atoms with Crippen LogP contribution in [0.5, 0.6) is 0 Å². The predicted octanol–water partition coefficient (Wildman–Crippen LogP) is 4.45. The van der Waals surface area contributed by atoms with Crippen molar-refractivity contribution >= 4 is 11.9 Å². The molecule has 13 heteroatoms. The number of pyridine rings is 1. The SMILES string of the molecule is Cc1nc(C(=O)N2CC(F)(F)C[C@@H](C)C2CNc2ncc(C(F)(F)F)cn2)c(-c2ccccn2)o1. The van der Waals surface area contributed by atoms with Crippen LogP contribution in [0.25, 0.3) is 11.5 Å². The lowest BCUT2D eigenvalue weighted by Crippen LogP contribution is -2.57. The summed E-state index contributed by atoms with van der Waals surface area (Å²) in [5.74, 6) is -4.46. The first-order valence-electron chi connectivity index (χ1n) is 10.7. The molecule has 1 fully saturated rings. The number of anilines is 1. The van der Waals surface area contributed by atoms with E-state index in [1.54, 1.807) is 25.1 Å². The van der Waals surface area contributed by atoms with Gasteiger partial charge in [0.05, 0.1) is 18.2 Å². The molecular weight excluding hydrogens is 475 g/mol. The number of amides is 1. The van der Waals surface area contributed by atoms with Crippen molar-refractivity contribution in [3.05, 3.63) is 53.9 Å². The minimum atomic E-state index is -4.59. The molecule has 0 aliphatic carbocycles. The van der Waals surface area contributed by atoms with Gasteiger partial charge in [-0.3, -0.25) is 9.78 Å². The van der Waals surface area contributed by atoms with Crippen LogP contribution in [0.1, 0.15) is 35.3 Å². The third kappa shape index (κ3) is 5.38. The van der Waals surface area contributed by atoms with E-state index in [1.807, 2.05) is 0 Å². The predicted molar refractivity (Wildman–Crippen MR) is 114 cm³/mol. The number of halogens is 5. The second-order valence-electron chi connectivity index (χ2n) is 8.34. The van der Waals surface area contributed by atoms with Gasteiger partial charge in [0.15, 0.2) is 17.3 Å². The Morgan fingerprint density at radius 1 is 1.23 bits per heavy atom. The van der Waals surface area contributed by atoms with Crippen molar-refractivity contribution < 1.29 is 31.2 Å². The Kier molecular flexibility index (Phi) is 6.43. The summed E-state index contributed by atoms with van der Waals surface area (Å²) >= 11 is 0. The molecule has 1 aliphatic rings. The first kappa shape index (κ1) is 24.5. The molecule has 1 saturated heterocycles. The lowest BCUT2D eigenvalue weighted by atomic mass is 9.88. The molecule has 1 amide bonds. The number of hydrogen-bond donors (Lipinski definition) is 1. The molecule has 186 valence electrons. The summed E-state index contributed by atoms with van der Waals surface area (Å²) in [6.07, 6.45) is -2.33. The number of carbonyl (C=O) groups excluding carboxylic acids is 1. The highest BCUT2D eigenvalue weighted by Gasteiger charge is 2.47. The van der Waals surface area contributed by atoms with Gasteiger partial charge < -0.3 is 14.6 Å². The molecule has 3 aromatic rings. The van der Waals surface area contributed by atoms with E-state index in [1.165, 1.54) is 13.1 Å². The molecule has 2 atom stereocenters. The summed E-state index contributed by atoms with van der Waals surface area (Å²) < 4.78 is 72.8. The summed E-state index contributed by atoms with van der Waals surface area (Å²) in [5.41, 5.74) is -0.850. The molecule has 1 N–H and O–H groups in total. The number of rotatable bonds is 5. The number of nitrogens with one attached hydrogen (secondary N) is 1. The van der Waals surface area contributed by atoms with Gasteiger partial charge in [0.25, 0.3) is 11.8 Å². The zero-order valence-electron chi connectivity index (χ0n) is 18.7. The third-order valence-electron chi connectivity index (χ3n) is 5.62. The lowest BCUT2D eigenvalue weighted by molar-refractivity contribution is -0.138. The Morgan fingerprint density at radius 3 is 2.57 bits per heavy atom. The fourth-order valence-corrected chi connectivity index (χ4v) is 4.02. The summed E-state index contributed by atoms with van der Waals surface area (Å²) in [5, 5.41) is 2.75. The van der Waals surface area contributed by atoms with Crippen molar-refractivity contribution in [1.82, 2.24) is 24.8 Å². The zero-order valence-corrected chi connectivity index (χ0v) is 18.7. The first-order valence-corrected chi connectivity index (χ1v) is 10.7. The molecule has 1 unspecified atom stereocenters. The van der Waals surface area contributed by atoms with Crippen LogP contribution in [0.15, 0.2) is 41.2 Å². The number of carbonyl (C=O) groups is 1. The van der Waals surface area contributed by atoms with Gasteiger partial charge in [-0.15, -0.1) is 0 Å². The van der Waals surface area contributed by atoms with Gasteiger partial charge in [-0.05, 0) is 18.1 Å². The van der Waals surface area contributed by atoms with Crippen LogP contribution in [0.3, 0.4) is 0 Å². The Labute approximate surface area is 196 Å². The molecule has 0 bridgehead atoms. The van der Waals surface area contributed by atoms with Crippen molar-refractivity contribution in [1.29, 1.82) is 0 Å². The van der Waals surface area contributed by atoms with Crippen LogP contribution in [0, 0.1) is 12.8 Å². The maximum Gasteiger partial charge on any atom is 0.419 e. The molecule has 4 rings (SSSR count). The Balaban J connectivity index is 1.60. The molecule has 0 saturated carbocycles. The Hall–Kier alpha value is -3.64. The van der Waals surface area contributed by atoms with Gasteiger partial charge in [0.2, 0.25) is 5.95 Å². The van der Waals surface area contributed by atoms with Gasteiger partial charge in [-0.1, -0.05) is 13.0 Å². The van der Waals surface area contributed by atoms with Gasteiger partial charge in [0.1, 0.15) is 5.69 Å². The van der Waals surface area contributed by atoms with Gasteiger partial charge in [-0.2, -0.15) is 13.2 Å². The van der Waals surface area contributed by atoms with Crippen LogP contribution in [-0.2, 0) is 6.18 Å². The maximum atomic E-state index is 14.5. The monoisotopic (exact) mass is 496 g/mol. The molecule has 0 radical (unpaired) electrons. The fourth-order valence-electron chi connectivity index (χ4n) is 4.02. The quantitative estimate of drug-likeness (QED) is 0.521. The van der Waals surface area contributed by atoms with E-state index in [0.29, 0.717) is 18.1 Å². The number of aromatic nitrogens is 4. The molecule has 1 aliphatic heterocycles. The summed E-state index contributed by atoms with van der Waals surface area (Å²) in [4.78, 5) is 30.0. The number of piperidine rings is 1. The van der Waals surface area contributed by atoms with Crippen molar-refractivity contribution in [2.24, 2.45) is 5.92 Å². The highest BCUT2D eigenvalue weighted by Crippen LogP contribution is 2.36. The minimum absolute atomic E-state index is 0.0624. The standard InChI is InChI=1S/C22H21F5N6O2/c1-12-7-21(23,24)11-33(16(12)10-31-20-29-8-14(9-30-20)22(25,26)27)19(34)17-18(35-13(2)32-17)15-5-3-4-6-28-15/h3-6,8-9,12,16H,7,10-11H2,1-2H3,(H,29,30,31)/t12-,16?/m1/s1. The van der Waals surface area contributed by atoms with Crippen molar-refractivity contribution in [2.75, 3.05) is 18.4 Å². The van der Waals surface area contributed by atoms with Crippen LogP contribution >= 0.6 is 0 Å². The van der Waals surface area contributed by atoms with Crippen LogP contribution in [0.2, 0.25) is 0 Å². The van der Waals surface area contributed by atoms with Crippen LogP contribution in [-0.4, -0.2) is 55.8 Å². The molecular formula is C22H21F5N6O2. The normalized spacial score (nSPS) is 20.0. The number of nitrogens with zero attached hydrogens (tertiary/aromatic N) is 5. The summed E-state index contributed by atoms with van der Waals surface area (Å²) in [6, 6.07) is 4.21. The largest absolute Gasteiger partial charge is 0.438 e. The van der Waals surface area contributed by atoms with Crippen LogP contribution < -0.4 is 5.32 Å². The molecule has 0 spiro atoms. The number of hydrogen-bond acceptors (Lipinski definition) is 7. The molecule has 0 aromatic carbocycles. The summed E-state index contributed by atoms with van der Waals surface area (Å²) in [6.45, 7) is 2.17. The highest BCUT2D eigenvalue weighted by atomic mass is 19.4. The highest BCUT2D eigenvalue weighted by molar-refractivity contribution is 5.97. The number of alkyl halides is 5. The van der Waals surface area contributed by atoms with E-state index >= 15 is 0 Å². The van der Waals surface area contributed by atoms with E-state index in [4.69, 9.17) is 4.42 Å². The third-order valence-corrected chi connectivity index (χ3v) is 5.62.